The molecular weight excluding hydrogens is 330 g/mol. The first-order valence-electron chi connectivity index (χ1n) is 10.9. The number of ether oxygens (including phenoxy) is 1. The fraction of sp³-hybridized carbons (Fsp3) is 0.952. The van der Waals surface area contributed by atoms with E-state index < -0.39 is 12.2 Å². The van der Waals surface area contributed by atoms with Crippen molar-refractivity contribution in [3.8, 4) is 0 Å². The molecule has 0 bridgehead atoms. The molecule has 1 saturated heterocycles. The summed E-state index contributed by atoms with van der Waals surface area (Å²) in [7, 11) is 0. The Labute approximate surface area is 159 Å². The predicted molar refractivity (Wildman–Crippen MR) is 105 cm³/mol. The lowest BCUT2D eigenvalue weighted by molar-refractivity contribution is -0.124. The molecule has 0 spiro atoms. The van der Waals surface area contributed by atoms with Gasteiger partial charge in [0, 0.05) is 13.0 Å². The van der Waals surface area contributed by atoms with E-state index in [1.54, 1.807) is 0 Å². The molecule has 1 amide bonds. The van der Waals surface area contributed by atoms with E-state index in [1.165, 1.54) is 70.6 Å². The van der Waals surface area contributed by atoms with Gasteiger partial charge < -0.3 is 20.3 Å². The summed E-state index contributed by atoms with van der Waals surface area (Å²) in [6, 6.07) is 0. The average Bonchev–Trinajstić information content (AvgIpc) is 2.98. The first-order chi connectivity index (χ1) is 12.7. The summed E-state index contributed by atoms with van der Waals surface area (Å²) < 4.78 is 5.45. The van der Waals surface area contributed by atoms with Crippen molar-refractivity contribution in [2.24, 2.45) is 0 Å². The van der Waals surface area contributed by atoms with Crippen LogP contribution >= 0.6 is 0 Å². The molecule has 3 N–H and O–H groups in total. The van der Waals surface area contributed by atoms with E-state index >= 15 is 0 Å². The molecule has 5 heteroatoms. The zero-order chi connectivity index (χ0) is 19.0. The third-order valence-corrected chi connectivity index (χ3v) is 5.25. The van der Waals surface area contributed by atoms with Gasteiger partial charge >= 0.3 is 0 Å². The zero-order valence-electron chi connectivity index (χ0n) is 16.8. The minimum Gasteiger partial charge on any atom is -0.394 e. The van der Waals surface area contributed by atoms with Crippen molar-refractivity contribution in [3.05, 3.63) is 0 Å². The number of unbranched alkanes of at least 4 members (excludes halogenated alkanes) is 11. The summed E-state index contributed by atoms with van der Waals surface area (Å²) in [5.41, 5.74) is 0. The molecule has 0 aromatic rings. The minimum absolute atomic E-state index is 0.0242. The number of hydrogen-bond donors (Lipinski definition) is 3. The van der Waals surface area contributed by atoms with Crippen molar-refractivity contribution in [1.82, 2.24) is 5.32 Å². The third-order valence-electron chi connectivity index (χ3n) is 5.25. The van der Waals surface area contributed by atoms with Crippen molar-refractivity contribution in [3.63, 3.8) is 0 Å². The summed E-state index contributed by atoms with van der Waals surface area (Å²) in [6.45, 7) is 2.78. The quantitative estimate of drug-likeness (QED) is 0.361. The molecule has 1 aliphatic heterocycles. The first-order valence-corrected chi connectivity index (χ1v) is 10.9. The summed E-state index contributed by atoms with van der Waals surface area (Å²) in [5, 5.41) is 21.6. The molecule has 1 rings (SSSR count). The Balaban J connectivity index is 1.83. The van der Waals surface area contributed by atoms with E-state index in [9.17, 15) is 9.90 Å². The van der Waals surface area contributed by atoms with Crippen molar-refractivity contribution in [2.75, 3.05) is 13.2 Å². The topological polar surface area (TPSA) is 78.8 Å². The maximum atomic E-state index is 11.9. The number of carbonyl (C=O) groups is 1. The molecule has 154 valence electrons. The SMILES string of the molecule is CCCCCCCCCCCCCCNC(=O)C[C@@H]1CC(O)C(CO)O1. The van der Waals surface area contributed by atoms with E-state index in [0.717, 1.165) is 13.0 Å². The highest BCUT2D eigenvalue weighted by molar-refractivity contribution is 5.76. The Morgan fingerprint density at radius 3 is 2.00 bits per heavy atom. The Hall–Kier alpha value is -0.650. The number of carbonyl (C=O) groups excluding carboxylic acids is 1. The largest absolute Gasteiger partial charge is 0.394 e. The summed E-state index contributed by atoms with van der Waals surface area (Å²) in [4.78, 5) is 11.9. The second-order valence-electron chi connectivity index (χ2n) is 7.73. The predicted octanol–water partition coefficient (Wildman–Crippen LogP) is 3.70. The van der Waals surface area contributed by atoms with Crippen molar-refractivity contribution >= 4 is 5.91 Å². The molecule has 2 unspecified atom stereocenters. The van der Waals surface area contributed by atoms with Crippen LogP contribution in [0.15, 0.2) is 0 Å². The second-order valence-corrected chi connectivity index (χ2v) is 7.73. The third kappa shape index (κ3) is 11.1. The van der Waals surface area contributed by atoms with Gasteiger partial charge in [-0.15, -0.1) is 0 Å². The highest BCUT2D eigenvalue weighted by Crippen LogP contribution is 2.22. The zero-order valence-corrected chi connectivity index (χ0v) is 16.8. The maximum Gasteiger partial charge on any atom is 0.222 e. The van der Waals surface area contributed by atoms with Gasteiger partial charge in [-0.25, -0.2) is 0 Å². The van der Waals surface area contributed by atoms with E-state index in [4.69, 9.17) is 9.84 Å². The Bertz CT molecular complexity index is 351. The number of amides is 1. The molecule has 0 aromatic carbocycles. The molecule has 1 fully saturated rings. The molecule has 0 aromatic heterocycles. The van der Waals surface area contributed by atoms with Gasteiger partial charge in [0.25, 0.3) is 0 Å². The van der Waals surface area contributed by atoms with Crippen molar-refractivity contribution in [1.29, 1.82) is 0 Å². The van der Waals surface area contributed by atoms with Crippen LogP contribution in [0.25, 0.3) is 0 Å². The monoisotopic (exact) mass is 371 g/mol. The van der Waals surface area contributed by atoms with Gasteiger partial charge in [0.1, 0.15) is 6.10 Å². The number of aliphatic hydroxyl groups excluding tert-OH is 2. The van der Waals surface area contributed by atoms with Gasteiger partial charge in [0.2, 0.25) is 5.91 Å². The lowest BCUT2D eigenvalue weighted by atomic mass is 10.1. The molecule has 26 heavy (non-hydrogen) atoms. The second kappa shape index (κ2) is 15.4. The number of hydrogen-bond acceptors (Lipinski definition) is 4. The highest BCUT2D eigenvalue weighted by Gasteiger charge is 2.34. The van der Waals surface area contributed by atoms with E-state index in [0.29, 0.717) is 6.42 Å². The number of nitrogens with one attached hydrogen (secondary N) is 1. The molecule has 0 radical (unpaired) electrons. The number of aliphatic hydroxyl groups is 2. The fourth-order valence-electron chi connectivity index (χ4n) is 3.58. The normalized spacial score (nSPS) is 22.7. The van der Waals surface area contributed by atoms with Crippen LogP contribution in [0.4, 0.5) is 0 Å². The van der Waals surface area contributed by atoms with Gasteiger partial charge in [-0.3, -0.25) is 4.79 Å². The highest BCUT2D eigenvalue weighted by atomic mass is 16.5. The molecule has 3 atom stereocenters. The van der Waals surface area contributed by atoms with Crippen LogP contribution in [0.2, 0.25) is 0 Å². The summed E-state index contributed by atoms with van der Waals surface area (Å²) in [6.07, 6.45) is 15.0. The molecule has 0 saturated carbocycles. The van der Waals surface area contributed by atoms with Crippen LogP contribution in [0.3, 0.4) is 0 Å². The Kier molecular flexibility index (Phi) is 13.9. The maximum absolute atomic E-state index is 11.9. The smallest absolute Gasteiger partial charge is 0.222 e. The van der Waals surface area contributed by atoms with Gasteiger partial charge in [-0.1, -0.05) is 77.6 Å². The molecule has 1 heterocycles. The van der Waals surface area contributed by atoms with Crippen LogP contribution < -0.4 is 5.32 Å². The van der Waals surface area contributed by atoms with E-state index in [1.807, 2.05) is 0 Å². The van der Waals surface area contributed by atoms with E-state index in [2.05, 4.69) is 12.2 Å². The Morgan fingerprint density at radius 1 is 0.962 bits per heavy atom. The molecule has 1 aliphatic rings. The lowest BCUT2D eigenvalue weighted by Gasteiger charge is -2.12. The van der Waals surface area contributed by atoms with Crippen LogP contribution in [-0.4, -0.2) is 47.6 Å². The van der Waals surface area contributed by atoms with Crippen molar-refractivity contribution in [2.45, 2.75) is 115 Å². The van der Waals surface area contributed by atoms with Crippen LogP contribution in [0.5, 0.6) is 0 Å². The number of rotatable bonds is 16. The van der Waals surface area contributed by atoms with Crippen molar-refractivity contribution < 1.29 is 19.7 Å². The van der Waals surface area contributed by atoms with Crippen LogP contribution in [0, 0.1) is 0 Å². The van der Waals surface area contributed by atoms with Crippen LogP contribution in [0.1, 0.15) is 96.8 Å². The lowest BCUT2D eigenvalue weighted by Crippen LogP contribution is -2.28. The minimum atomic E-state index is -0.658. The van der Waals surface area contributed by atoms with Gasteiger partial charge in [-0.2, -0.15) is 0 Å². The standard InChI is InChI=1S/C21H41NO4/c1-2-3-4-5-6-7-8-9-10-11-12-13-14-22-21(25)16-18-15-19(24)20(17-23)26-18/h18-20,23-24H,2-17H2,1H3,(H,22,25)/t18-,19?,20?/m0/s1. The summed E-state index contributed by atoms with van der Waals surface area (Å²) in [5.74, 6) is -0.0242. The molecular formula is C21H41NO4. The van der Waals surface area contributed by atoms with E-state index in [-0.39, 0.29) is 25.0 Å². The molecule has 5 nitrogen and oxygen atoms in total. The summed E-state index contributed by atoms with van der Waals surface area (Å²) >= 11 is 0. The average molecular weight is 372 g/mol. The van der Waals surface area contributed by atoms with Crippen LogP contribution in [-0.2, 0) is 9.53 Å². The van der Waals surface area contributed by atoms with Gasteiger partial charge in [-0.05, 0) is 6.42 Å². The Morgan fingerprint density at radius 2 is 1.50 bits per heavy atom. The van der Waals surface area contributed by atoms with Gasteiger partial charge in [0.15, 0.2) is 0 Å². The van der Waals surface area contributed by atoms with Gasteiger partial charge in [0.05, 0.1) is 25.2 Å². The fourth-order valence-corrected chi connectivity index (χ4v) is 3.58. The first kappa shape index (κ1) is 23.4. The molecule has 0 aliphatic carbocycles.